The van der Waals surface area contributed by atoms with Gasteiger partial charge in [0.15, 0.2) is 0 Å². The van der Waals surface area contributed by atoms with Gasteiger partial charge in [-0.05, 0) is 48.2 Å². The van der Waals surface area contributed by atoms with E-state index in [1.54, 1.807) is 26.0 Å². The molecule has 0 aromatic heterocycles. The van der Waals surface area contributed by atoms with Crippen LogP contribution in [-0.4, -0.2) is 0 Å². The Hall–Kier alpha value is -1.22. The zero-order chi connectivity index (χ0) is 13.3. The smallest absolute Gasteiger partial charge is 0.129 e. The summed E-state index contributed by atoms with van der Waals surface area (Å²) in [5, 5.41) is 0. The Balaban J connectivity index is 2.39. The summed E-state index contributed by atoms with van der Waals surface area (Å²) in [6.07, 6.45) is 0. The third-order valence-corrected chi connectivity index (χ3v) is 3.97. The van der Waals surface area contributed by atoms with Crippen LogP contribution in [0.3, 0.4) is 0 Å². The molecule has 94 valence electrons. The zero-order valence-corrected chi connectivity index (χ0v) is 11.8. The van der Waals surface area contributed by atoms with Crippen LogP contribution in [0.1, 0.15) is 27.1 Å². The fourth-order valence-electron chi connectivity index (χ4n) is 1.95. The summed E-state index contributed by atoms with van der Waals surface area (Å²) in [4.78, 5) is -0.0592. The molecule has 2 aromatic rings. The number of hydrogen-bond donors (Lipinski definition) is 0. The minimum Gasteiger partial charge on any atom is -0.207 e. The average Bonchev–Trinajstić information content (AvgIpc) is 2.35. The molecule has 0 amide bonds. The van der Waals surface area contributed by atoms with E-state index in [0.29, 0.717) is 11.1 Å². The van der Waals surface area contributed by atoms with E-state index in [9.17, 15) is 8.78 Å². The van der Waals surface area contributed by atoms with Crippen molar-refractivity contribution in [2.45, 2.75) is 18.7 Å². The Morgan fingerprint density at radius 2 is 1.39 bits per heavy atom. The van der Waals surface area contributed by atoms with Crippen molar-refractivity contribution >= 4 is 15.9 Å². The third kappa shape index (κ3) is 2.61. The number of alkyl halides is 1. The van der Waals surface area contributed by atoms with Gasteiger partial charge in [-0.15, -0.1) is 0 Å². The molecule has 0 N–H and O–H groups in total. The molecule has 0 fully saturated rings. The molecule has 2 rings (SSSR count). The van der Waals surface area contributed by atoms with Gasteiger partial charge in [-0.25, -0.2) is 8.78 Å². The second kappa shape index (κ2) is 5.19. The Morgan fingerprint density at radius 1 is 0.889 bits per heavy atom. The van der Waals surface area contributed by atoms with Crippen LogP contribution >= 0.6 is 15.9 Å². The van der Waals surface area contributed by atoms with E-state index in [4.69, 9.17) is 0 Å². The minimum absolute atomic E-state index is 0.0592. The lowest BCUT2D eigenvalue weighted by Gasteiger charge is -2.13. The van der Waals surface area contributed by atoms with Gasteiger partial charge >= 0.3 is 0 Å². The van der Waals surface area contributed by atoms with Crippen molar-refractivity contribution in [3.63, 3.8) is 0 Å². The van der Waals surface area contributed by atoms with Gasteiger partial charge in [-0.1, -0.05) is 40.2 Å². The minimum atomic E-state index is -0.259. The van der Waals surface area contributed by atoms with E-state index >= 15 is 0 Å². The molecule has 0 radical (unpaired) electrons. The van der Waals surface area contributed by atoms with Crippen LogP contribution in [0.15, 0.2) is 36.4 Å². The maximum absolute atomic E-state index is 13.6. The van der Waals surface area contributed by atoms with Gasteiger partial charge in [-0.3, -0.25) is 0 Å². The Bertz CT molecular complexity index is 538. The topological polar surface area (TPSA) is 0 Å². The molecular formula is C15H13BrF2. The predicted octanol–water partition coefficient (Wildman–Crippen LogP) is 5.07. The molecule has 0 aliphatic heterocycles. The van der Waals surface area contributed by atoms with Crippen molar-refractivity contribution in [2.24, 2.45) is 0 Å². The van der Waals surface area contributed by atoms with Crippen LogP contribution in [0.25, 0.3) is 0 Å². The number of benzene rings is 2. The van der Waals surface area contributed by atoms with Crippen LogP contribution in [-0.2, 0) is 0 Å². The monoisotopic (exact) mass is 310 g/mol. The lowest BCUT2D eigenvalue weighted by molar-refractivity contribution is 0.608. The molecule has 0 aliphatic carbocycles. The molecule has 2 aromatic carbocycles. The standard InChI is InChI=1S/C15H13BrF2/c1-9-7-12(8-10(2)15(9)18)14(16)11-3-5-13(17)6-4-11/h3-8,14H,1-2H3. The lowest BCUT2D eigenvalue weighted by atomic mass is 10.00. The molecule has 1 unspecified atom stereocenters. The molecular weight excluding hydrogens is 298 g/mol. The number of hydrogen-bond acceptors (Lipinski definition) is 0. The van der Waals surface area contributed by atoms with Gasteiger partial charge in [-0.2, -0.15) is 0 Å². The summed E-state index contributed by atoms with van der Waals surface area (Å²) >= 11 is 3.57. The third-order valence-electron chi connectivity index (χ3n) is 2.91. The first-order chi connectivity index (χ1) is 8.49. The Labute approximate surface area is 114 Å². The molecule has 0 aliphatic rings. The van der Waals surface area contributed by atoms with Crippen molar-refractivity contribution in [2.75, 3.05) is 0 Å². The largest absolute Gasteiger partial charge is 0.207 e. The molecule has 0 heterocycles. The van der Waals surface area contributed by atoms with E-state index in [1.165, 1.54) is 12.1 Å². The zero-order valence-electron chi connectivity index (χ0n) is 10.2. The highest BCUT2D eigenvalue weighted by atomic mass is 79.9. The Kier molecular flexibility index (Phi) is 3.81. The first-order valence-electron chi connectivity index (χ1n) is 5.65. The fraction of sp³-hybridized carbons (Fsp3) is 0.200. The van der Waals surface area contributed by atoms with Crippen molar-refractivity contribution in [3.05, 3.63) is 70.3 Å². The van der Waals surface area contributed by atoms with E-state index in [2.05, 4.69) is 15.9 Å². The van der Waals surface area contributed by atoms with Gasteiger partial charge in [0.1, 0.15) is 11.6 Å². The number of aryl methyl sites for hydroxylation is 2. The highest BCUT2D eigenvalue weighted by Gasteiger charge is 2.13. The SMILES string of the molecule is Cc1cc(C(Br)c2ccc(F)cc2)cc(C)c1F. The molecule has 18 heavy (non-hydrogen) atoms. The van der Waals surface area contributed by atoms with Crippen LogP contribution < -0.4 is 0 Å². The summed E-state index contributed by atoms with van der Waals surface area (Å²) in [7, 11) is 0. The van der Waals surface area contributed by atoms with Gasteiger partial charge < -0.3 is 0 Å². The van der Waals surface area contributed by atoms with Crippen molar-refractivity contribution < 1.29 is 8.78 Å². The number of rotatable bonds is 2. The molecule has 0 saturated carbocycles. The summed E-state index contributed by atoms with van der Waals surface area (Å²) in [6.45, 7) is 3.49. The predicted molar refractivity (Wildman–Crippen MR) is 73.0 cm³/mol. The van der Waals surface area contributed by atoms with Crippen LogP contribution in [0.4, 0.5) is 8.78 Å². The normalized spacial score (nSPS) is 12.5. The average molecular weight is 311 g/mol. The maximum atomic E-state index is 13.6. The lowest BCUT2D eigenvalue weighted by Crippen LogP contribution is -1.97. The van der Waals surface area contributed by atoms with Crippen molar-refractivity contribution in [3.8, 4) is 0 Å². The highest BCUT2D eigenvalue weighted by Crippen LogP contribution is 2.32. The molecule has 1 atom stereocenters. The second-order valence-corrected chi connectivity index (χ2v) is 5.30. The first-order valence-corrected chi connectivity index (χ1v) is 6.57. The molecule has 3 heteroatoms. The first kappa shape index (κ1) is 13.2. The summed E-state index contributed by atoms with van der Waals surface area (Å²) < 4.78 is 26.4. The van der Waals surface area contributed by atoms with E-state index in [0.717, 1.165) is 11.1 Å². The quantitative estimate of drug-likeness (QED) is 0.680. The summed E-state index contributed by atoms with van der Waals surface area (Å²) in [6, 6.07) is 9.92. The molecule has 0 bridgehead atoms. The van der Waals surface area contributed by atoms with Crippen molar-refractivity contribution in [1.29, 1.82) is 0 Å². The summed E-state index contributed by atoms with van der Waals surface area (Å²) in [5.74, 6) is -0.428. The van der Waals surface area contributed by atoms with Gasteiger partial charge in [0.2, 0.25) is 0 Å². The van der Waals surface area contributed by atoms with Crippen LogP contribution in [0.5, 0.6) is 0 Å². The van der Waals surface area contributed by atoms with Gasteiger partial charge in [0.25, 0.3) is 0 Å². The molecule has 0 spiro atoms. The molecule has 0 saturated heterocycles. The summed E-state index contributed by atoms with van der Waals surface area (Å²) in [5.41, 5.74) is 3.16. The Morgan fingerprint density at radius 3 is 1.89 bits per heavy atom. The maximum Gasteiger partial charge on any atom is 0.129 e. The van der Waals surface area contributed by atoms with E-state index in [1.807, 2.05) is 12.1 Å². The van der Waals surface area contributed by atoms with Gasteiger partial charge in [0, 0.05) is 0 Å². The van der Waals surface area contributed by atoms with Gasteiger partial charge in [0.05, 0.1) is 4.83 Å². The number of halogens is 3. The van der Waals surface area contributed by atoms with Crippen LogP contribution in [0, 0.1) is 25.5 Å². The highest BCUT2D eigenvalue weighted by molar-refractivity contribution is 9.09. The van der Waals surface area contributed by atoms with E-state index < -0.39 is 0 Å². The fourth-order valence-corrected chi connectivity index (χ4v) is 2.52. The van der Waals surface area contributed by atoms with Crippen LogP contribution in [0.2, 0.25) is 0 Å². The van der Waals surface area contributed by atoms with E-state index in [-0.39, 0.29) is 16.5 Å². The second-order valence-electron chi connectivity index (χ2n) is 4.38. The molecule has 0 nitrogen and oxygen atoms in total. The van der Waals surface area contributed by atoms with Crippen molar-refractivity contribution in [1.82, 2.24) is 0 Å².